The summed E-state index contributed by atoms with van der Waals surface area (Å²) in [7, 11) is 0. The van der Waals surface area contributed by atoms with Gasteiger partial charge in [-0.2, -0.15) is 0 Å². The average Bonchev–Trinajstić information content (AvgIpc) is 2.58. The summed E-state index contributed by atoms with van der Waals surface area (Å²) in [6.07, 6.45) is -2.29. The number of morpholine rings is 1. The van der Waals surface area contributed by atoms with Crippen LogP contribution in [-0.2, 0) is 10.2 Å². The number of ether oxygens (including phenoxy) is 1. The van der Waals surface area contributed by atoms with Crippen LogP contribution in [-0.4, -0.2) is 61.8 Å². The van der Waals surface area contributed by atoms with Crippen molar-refractivity contribution in [2.45, 2.75) is 32.3 Å². The van der Waals surface area contributed by atoms with Crippen molar-refractivity contribution in [2.24, 2.45) is 5.73 Å². The third-order valence-electron chi connectivity index (χ3n) is 4.39. The van der Waals surface area contributed by atoms with Crippen LogP contribution in [0.15, 0.2) is 12.1 Å². The van der Waals surface area contributed by atoms with Gasteiger partial charge in [0.05, 0.1) is 37.2 Å². The molecule has 1 aromatic carbocycles. The molecule has 1 aromatic rings. The number of rotatable bonds is 5. The minimum atomic E-state index is -1.26. The van der Waals surface area contributed by atoms with Crippen molar-refractivity contribution < 1.29 is 24.1 Å². The predicted octanol–water partition coefficient (Wildman–Crippen LogP) is 1.76. The van der Waals surface area contributed by atoms with Crippen LogP contribution in [0.3, 0.4) is 0 Å². The number of carboxylic acid groups (broad SMARTS) is 1. The predicted molar refractivity (Wildman–Crippen MR) is 98.6 cm³/mol. The molecule has 2 rings (SSSR count). The van der Waals surface area contributed by atoms with Crippen molar-refractivity contribution in [2.75, 3.05) is 49.2 Å². The lowest BCUT2D eigenvalue weighted by atomic mass is 9.84. The summed E-state index contributed by atoms with van der Waals surface area (Å²) in [6, 6.07) is 3.20. The fraction of sp³-hybridized carbons (Fsp3) is 0.611. The lowest BCUT2D eigenvalue weighted by Gasteiger charge is -2.34. The molecular weight excluding hydrogens is 341 g/mol. The summed E-state index contributed by atoms with van der Waals surface area (Å²) < 4.78 is 20.8. The molecule has 26 heavy (non-hydrogen) atoms. The van der Waals surface area contributed by atoms with Crippen molar-refractivity contribution >= 4 is 17.5 Å². The molecule has 7 nitrogen and oxygen atoms in total. The van der Waals surface area contributed by atoms with Crippen LogP contribution in [0, 0.1) is 5.82 Å². The summed E-state index contributed by atoms with van der Waals surface area (Å²) >= 11 is 0. The molecule has 1 amide bonds. The molecule has 1 heterocycles. The minimum Gasteiger partial charge on any atom is -0.465 e. The summed E-state index contributed by atoms with van der Waals surface area (Å²) in [4.78, 5) is 14.6. The van der Waals surface area contributed by atoms with Crippen LogP contribution in [0.1, 0.15) is 26.3 Å². The second-order valence-corrected chi connectivity index (χ2v) is 7.42. The van der Waals surface area contributed by atoms with E-state index in [-0.39, 0.29) is 18.8 Å². The van der Waals surface area contributed by atoms with Crippen molar-refractivity contribution in [3.63, 3.8) is 0 Å². The molecule has 1 atom stereocenters. The maximum Gasteiger partial charge on any atom is 0.411 e. The van der Waals surface area contributed by atoms with Crippen LogP contribution < -0.4 is 15.5 Å². The molecule has 4 N–H and O–H groups in total. The second kappa shape index (κ2) is 8.20. The molecule has 146 valence electrons. The number of aliphatic hydroxyl groups excluding tert-OH is 1. The Kier molecular flexibility index (Phi) is 6.44. The molecule has 1 unspecified atom stereocenters. The van der Waals surface area contributed by atoms with Gasteiger partial charge in [-0.3, -0.25) is 4.90 Å². The highest BCUT2D eigenvalue weighted by atomic mass is 19.1. The SMILES string of the molecule is CC(C)(C)c1c(N(CC(O)CN)C(=O)O)ccc(N2CCOCC2)c1F. The van der Waals surface area contributed by atoms with E-state index in [4.69, 9.17) is 10.5 Å². The van der Waals surface area contributed by atoms with Gasteiger partial charge >= 0.3 is 6.09 Å². The lowest BCUT2D eigenvalue weighted by molar-refractivity contribution is 0.122. The zero-order valence-corrected chi connectivity index (χ0v) is 15.5. The standard InChI is InChI=1S/C18H28FN3O4/c1-18(2,3)15-13(22(17(24)25)11-12(23)10-20)4-5-14(16(15)19)21-6-8-26-9-7-21/h4-5,12,23H,6-11,20H2,1-3H3,(H,24,25). The van der Waals surface area contributed by atoms with Crippen LogP contribution >= 0.6 is 0 Å². The van der Waals surface area contributed by atoms with Gasteiger partial charge in [-0.05, 0) is 17.5 Å². The first-order valence-corrected chi connectivity index (χ1v) is 8.71. The van der Waals surface area contributed by atoms with Gasteiger partial charge in [0.1, 0.15) is 0 Å². The first-order chi connectivity index (χ1) is 12.2. The van der Waals surface area contributed by atoms with E-state index in [0.717, 1.165) is 4.90 Å². The lowest BCUT2D eigenvalue weighted by Crippen LogP contribution is -2.41. The van der Waals surface area contributed by atoms with Crippen molar-refractivity contribution in [1.82, 2.24) is 0 Å². The molecule has 0 aromatic heterocycles. The monoisotopic (exact) mass is 369 g/mol. The number of nitrogens with zero attached hydrogens (tertiary/aromatic N) is 2. The van der Waals surface area contributed by atoms with Gasteiger partial charge in [0.25, 0.3) is 0 Å². The van der Waals surface area contributed by atoms with Crippen LogP contribution in [0.4, 0.5) is 20.6 Å². The summed E-state index contributed by atoms with van der Waals surface area (Å²) in [5.41, 5.74) is 5.74. The Hall–Kier alpha value is -1.90. The van der Waals surface area contributed by atoms with Gasteiger partial charge in [0, 0.05) is 25.2 Å². The van der Waals surface area contributed by atoms with Gasteiger partial charge in [-0.25, -0.2) is 9.18 Å². The fourth-order valence-electron chi connectivity index (χ4n) is 3.11. The van der Waals surface area contributed by atoms with E-state index in [1.165, 1.54) is 0 Å². The average molecular weight is 369 g/mol. The molecule has 1 saturated heterocycles. The fourth-order valence-corrected chi connectivity index (χ4v) is 3.11. The Labute approximate surface area is 153 Å². The third-order valence-corrected chi connectivity index (χ3v) is 4.39. The molecule has 0 aliphatic carbocycles. The highest BCUT2D eigenvalue weighted by Crippen LogP contribution is 2.39. The molecular formula is C18H28FN3O4. The van der Waals surface area contributed by atoms with Gasteiger partial charge in [-0.1, -0.05) is 20.8 Å². The number of hydrogen-bond donors (Lipinski definition) is 3. The molecule has 8 heteroatoms. The van der Waals surface area contributed by atoms with E-state index in [9.17, 15) is 15.0 Å². The topological polar surface area (TPSA) is 99.3 Å². The zero-order chi connectivity index (χ0) is 19.5. The highest BCUT2D eigenvalue weighted by Gasteiger charge is 2.31. The van der Waals surface area contributed by atoms with E-state index in [0.29, 0.717) is 37.6 Å². The number of nitrogens with two attached hydrogens (primary N) is 1. The van der Waals surface area contributed by atoms with Crippen LogP contribution in [0.5, 0.6) is 0 Å². The second-order valence-electron chi connectivity index (χ2n) is 7.42. The van der Waals surface area contributed by atoms with Gasteiger partial charge < -0.3 is 25.6 Å². The Morgan fingerprint density at radius 3 is 2.50 bits per heavy atom. The van der Waals surface area contributed by atoms with E-state index in [1.807, 2.05) is 25.7 Å². The van der Waals surface area contributed by atoms with Crippen molar-refractivity contribution in [1.29, 1.82) is 0 Å². The Morgan fingerprint density at radius 1 is 1.38 bits per heavy atom. The molecule has 0 radical (unpaired) electrons. The highest BCUT2D eigenvalue weighted by molar-refractivity contribution is 5.88. The molecule has 0 spiro atoms. The quantitative estimate of drug-likeness (QED) is 0.731. The Morgan fingerprint density at radius 2 is 2.00 bits per heavy atom. The molecule has 1 aliphatic rings. The molecule has 0 bridgehead atoms. The zero-order valence-electron chi connectivity index (χ0n) is 15.5. The third kappa shape index (κ3) is 4.44. The first-order valence-electron chi connectivity index (χ1n) is 8.71. The van der Waals surface area contributed by atoms with E-state index >= 15 is 4.39 Å². The van der Waals surface area contributed by atoms with Crippen molar-refractivity contribution in [3.8, 4) is 0 Å². The number of carbonyl (C=O) groups is 1. The number of benzene rings is 1. The molecule has 1 aliphatic heterocycles. The first kappa shape index (κ1) is 20.4. The van der Waals surface area contributed by atoms with Crippen molar-refractivity contribution in [3.05, 3.63) is 23.5 Å². The molecule has 0 saturated carbocycles. The maximum absolute atomic E-state index is 15.5. The smallest absolute Gasteiger partial charge is 0.411 e. The van der Waals surface area contributed by atoms with Crippen LogP contribution in [0.2, 0.25) is 0 Å². The van der Waals surface area contributed by atoms with Gasteiger partial charge in [-0.15, -0.1) is 0 Å². The number of anilines is 2. The maximum atomic E-state index is 15.5. The number of aliphatic hydroxyl groups is 1. The van der Waals surface area contributed by atoms with E-state index in [2.05, 4.69) is 0 Å². The molecule has 1 fully saturated rings. The largest absolute Gasteiger partial charge is 0.465 e. The normalized spacial score (nSPS) is 16.5. The number of hydrogen-bond acceptors (Lipinski definition) is 5. The van der Waals surface area contributed by atoms with E-state index < -0.39 is 23.4 Å². The number of amides is 1. The summed E-state index contributed by atoms with van der Waals surface area (Å²) in [5, 5.41) is 19.4. The summed E-state index contributed by atoms with van der Waals surface area (Å²) in [6.45, 7) is 7.40. The van der Waals surface area contributed by atoms with Crippen LogP contribution in [0.25, 0.3) is 0 Å². The number of halogens is 1. The Bertz CT molecular complexity index is 642. The Balaban J connectivity index is 2.54. The summed E-state index contributed by atoms with van der Waals surface area (Å²) in [5.74, 6) is -0.439. The van der Waals surface area contributed by atoms with E-state index in [1.54, 1.807) is 12.1 Å². The minimum absolute atomic E-state index is 0.0804. The van der Waals surface area contributed by atoms with Gasteiger partial charge in [0.2, 0.25) is 0 Å². The van der Waals surface area contributed by atoms with Gasteiger partial charge in [0.15, 0.2) is 5.82 Å².